The molecule has 0 amide bonds. The lowest BCUT2D eigenvalue weighted by Crippen LogP contribution is -2.33. The van der Waals surface area contributed by atoms with Gasteiger partial charge in [0.1, 0.15) is 0 Å². The number of carbonyl (C=O) groups is 1. The van der Waals surface area contributed by atoms with Gasteiger partial charge in [-0.3, -0.25) is 4.79 Å². The van der Waals surface area contributed by atoms with Gasteiger partial charge in [-0.2, -0.15) is 0 Å². The Hall–Kier alpha value is -2.35. The maximum absolute atomic E-state index is 12.9. The molecule has 1 unspecified atom stereocenters. The van der Waals surface area contributed by atoms with Crippen molar-refractivity contribution in [2.24, 2.45) is 5.92 Å². The molecule has 0 radical (unpaired) electrons. The molecule has 2 aromatic rings. The Morgan fingerprint density at radius 3 is 2.56 bits per heavy atom. The summed E-state index contributed by atoms with van der Waals surface area (Å²) in [7, 11) is 2.08. The highest BCUT2D eigenvalue weighted by Crippen LogP contribution is 2.28. The smallest absolute Gasteiger partial charge is 0.163 e. The van der Waals surface area contributed by atoms with Gasteiger partial charge >= 0.3 is 0 Å². The van der Waals surface area contributed by atoms with E-state index < -0.39 is 0 Å². The predicted molar refractivity (Wildman–Crippen MR) is 106 cm³/mol. The fraction of sp³-hybridized carbons (Fsp3) is 0.348. The van der Waals surface area contributed by atoms with Crippen molar-refractivity contribution >= 4 is 17.5 Å². The van der Waals surface area contributed by atoms with Gasteiger partial charge in [0, 0.05) is 25.2 Å². The molecule has 1 saturated carbocycles. The summed E-state index contributed by atoms with van der Waals surface area (Å²) in [6.07, 6.45) is 5.06. The topological polar surface area (TPSA) is 20.3 Å². The van der Waals surface area contributed by atoms with Crippen LogP contribution >= 0.6 is 0 Å². The number of hydrogen-bond donors (Lipinski definition) is 0. The van der Waals surface area contributed by atoms with Crippen LogP contribution in [0.15, 0.2) is 54.1 Å². The first-order valence-corrected chi connectivity index (χ1v) is 9.12. The lowest BCUT2D eigenvalue weighted by Gasteiger charge is -2.29. The van der Waals surface area contributed by atoms with Crippen LogP contribution in [0, 0.1) is 19.8 Å². The Balaban J connectivity index is 1.72. The van der Waals surface area contributed by atoms with Gasteiger partial charge in [-0.25, -0.2) is 0 Å². The monoisotopic (exact) mass is 333 g/mol. The number of benzene rings is 2. The number of carbonyl (C=O) groups excluding carboxylic acids is 1. The quantitative estimate of drug-likeness (QED) is 0.717. The Labute approximate surface area is 151 Å². The molecule has 0 bridgehead atoms. The maximum atomic E-state index is 12.9. The first-order valence-electron chi connectivity index (χ1n) is 9.12. The molecule has 1 atom stereocenters. The lowest BCUT2D eigenvalue weighted by atomic mass is 9.83. The molecule has 3 rings (SSSR count). The van der Waals surface area contributed by atoms with Crippen LogP contribution < -0.4 is 4.90 Å². The van der Waals surface area contributed by atoms with E-state index in [1.165, 1.54) is 16.8 Å². The van der Waals surface area contributed by atoms with Gasteiger partial charge in [0.25, 0.3) is 0 Å². The normalized spacial score (nSPS) is 19.2. The van der Waals surface area contributed by atoms with E-state index in [0.29, 0.717) is 5.78 Å². The molecular formula is C23H27NO. The Kier molecular flexibility index (Phi) is 5.37. The van der Waals surface area contributed by atoms with Crippen LogP contribution in [0.3, 0.4) is 0 Å². The second kappa shape index (κ2) is 7.69. The summed E-state index contributed by atoms with van der Waals surface area (Å²) in [5.74, 6) is 0.419. The first-order chi connectivity index (χ1) is 12.0. The standard InChI is InChI=1S/C23H27NO/c1-17-10-12-19(13-11-17)15-20-7-5-8-21(23(20)25)16-24(3)22-9-4-6-18(2)14-22/h4,6,9-15,21H,5,7-8,16H2,1-3H3/b20-15+. The van der Waals surface area contributed by atoms with E-state index in [2.05, 4.69) is 80.4 Å². The fourth-order valence-corrected chi connectivity index (χ4v) is 3.54. The zero-order chi connectivity index (χ0) is 17.8. The van der Waals surface area contributed by atoms with Crippen molar-refractivity contribution in [1.29, 1.82) is 0 Å². The molecule has 25 heavy (non-hydrogen) atoms. The highest BCUT2D eigenvalue weighted by molar-refractivity contribution is 6.02. The summed E-state index contributed by atoms with van der Waals surface area (Å²) >= 11 is 0. The molecule has 130 valence electrons. The van der Waals surface area contributed by atoms with Gasteiger partial charge in [-0.05, 0) is 68.0 Å². The number of anilines is 1. The van der Waals surface area contributed by atoms with E-state index in [9.17, 15) is 4.79 Å². The molecule has 1 fully saturated rings. The number of allylic oxidation sites excluding steroid dienone is 1. The summed E-state index contributed by atoms with van der Waals surface area (Å²) in [5.41, 5.74) is 5.79. The van der Waals surface area contributed by atoms with Crippen LogP contribution in [0.2, 0.25) is 0 Å². The molecule has 0 spiro atoms. The van der Waals surface area contributed by atoms with Gasteiger partial charge in [0.15, 0.2) is 5.78 Å². The Morgan fingerprint density at radius 2 is 1.84 bits per heavy atom. The van der Waals surface area contributed by atoms with E-state index in [-0.39, 0.29) is 5.92 Å². The number of ketones is 1. The van der Waals surface area contributed by atoms with E-state index >= 15 is 0 Å². The average Bonchev–Trinajstić information content (AvgIpc) is 2.60. The lowest BCUT2D eigenvalue weighted by molar-refractivity contribution is -0.120. The summed E-state index contributed by atoms with van der Waals surface area (Å²) in [6, 6.07) is 16.9. The summed E-state index contributed by atoms with van der Waals surface area (Å²) in [4.78, 5) is 15.1. The SMILES string of the molecule is Cc1ccc(/C=C2\CCCC(CN(C)c3cccc(C)c3)C2=O)cc1. The molecule has 0 N–H and O–H groups in total. The van der Waals surface area contributed by atoms with Gasteiger partial charge in [-0.1, -0.05) is 42.0 Å². The first kappa shape index (κ1) is 17.5. The van der Waals surface area contributed by atoms with E-state index in [4.69, 9.17) is 0 Å². The molecule has 0 aliphatic heterocycles. The van der Waals surface area contributed by atoms with Crippen LogP contribution in [0.4, 0.5) is 5.69 Å². The number of nitrogens with zero attached hydrogens (tertiary/aromatic N) is 1. The van der Waals surface area contributed by atoms with Crippen molar-refractivity contribution in [1.82, 2.24) is 0 Å². The highest BCUT2D eigenvalue weighted by atomic mass is 16.1. The maximum Gasteiger partial charge on any atom is 0.163 e. The number of rotatable bonds is 4. The summed E-state index contributed by atoms with van der Waals surface area (Å²) < 4.78 is 0. The highest BCUT2D eigenvalue weighted by Gasteiger charge is 2.27. The largest absolute Gasteiger partial charge is 0.374 e. The number of Topliss-reactive ketones (excluding diaryl/α,β-unsaturated/α-hetero) is 1. The van der Waals surface area contributed by atoms with Gasteiger partial charge < -0.3 is 4.90 Å². The Morgan fingerprint density at radius 1 is 1.08 bits per heavy atom. The van der Waals surface area contributed by atoms with E-state index in [1.54, 1.807) is 0 Å². The van der Waals surface area contributed by atoms with E-state index in [0.717, 1.165) is 36.9 Å². The minimum atomic E-state index is 0.0935. The Bertz CT molecular complexity index is 773. The molecule has 0 aromatic heterocycles. The average molecular weight is 333 g/mol. The third-order valence-corrected chi connectivity index (χ3v) is 5.04. The van der Waals surface area contributed by atoms with Crippen LogP contribution in [-0.4, -0.2) is 19.4 Å². The molecular weight excluding hydrogens is 306 g/mol. The zero-order valence-corrected chi connectivity index (χ0v) is 15.5. The number of aryl methyl sites for hydroxylation is 2. The zero-order valence-electron chi connectivity index (χ0n) is 15.5. The minimum Gasteiger partial charge on any atom is -0.374 e. The van der Waals surface area contributed by atoms with Crippen molar-refractivity contribution in [2.45, 2.75) is 33.1 Å². The fourth-order valence-electron chi connectivity index (χ4n) is 3.54. The summed E-state index contributed by atoms with van der Waals surface area (Å²) in [6.45, 7) is 4.97. The third kappa shape index (κ3) is 4.39. The molecule has 2 heteroatoms. The van der Waals surface area contributed by atoms with Gasteiger partial charge in [0.2, 0.25) is 0 Å². The van der Waals surface area contributed by atoms with Crippen LogP contribution in [-0.2, 0) is 4.79 Å². The van der Waals surface area contributed by atoms with Crippen molar-refractivity contribution in [2.75, 3.05) is 18.5 Å². The predicted octanol–water partition coefficient (Wildman–Crippen LogP) is 5.19. The van der Waals surface area contributed by atoms with Gasteiger partial charge in [-0.15, -0.1) is 0 Å². The van der Waals surface area contributed by atoms with Crippen molar-refractivity contribution in [3.63, 3.8) is 0 Å². The van der Waals surface area contributed by atoms with Crippen LogP contribution in [0.1, 0.15) is 36.0 Å². The van der Waals surface area contributed by atoms with E-state index in [1.807, 2.05) is 0 Å². The second-order valence-corrected chi connectivity index (χ2v) is 7.25. The molecule has 0 saturated heterocycles. The second-order valence-electron chi connectivity index (χ2n) is 7.25. The van der Waals surface area contributed by atoms with Crippen molar-refractivity contribution in [3.05, 3.63) is 70.8 Å². The van der Waals surface area contributed by atoms with Gasteiger partial charge in [0.05, 0.1) is 0 Å². The van der Waals surface area contributed by atoms with Crippen molar-refractivity contribution in [3.8, 4) is 0 Å². The third-order valence-electron chi connectivity index (χ3n) is 5.04. The minimum absolute atomic E-state index is 0.0935. The summed E-state index contributed by atoms with van der Waals surface area (Å²) in [5, 5.41) is 0. The molecule has 2 aromatic carbocycles. The number of hydrogen-bond acceptors (Lipinski definition) is 2. The molecule has 2 nitrogen and oxygen atoms in total. The van der Waals surface area contributed by atoms with Crippen LogP contribution in [0.5, 0.6) is 0 Å². The van der Waals surface area contributed by atoms with Crippen LogP contribution in [0.25, 0.3) is 6.08 Å². The van der Waals surface area contributed by atoms with Crippen molar-refractivity contribution < 1.29 is 4.79 Å². The molecule has 1 aliphatic carbocycles. The molecule has 0 heterocycles. The molecule has 1 aliphatic rings.